The molecule has 0 saturated carbocycles. The zero-order valence-corrected chi connectivity index (χ0v) is 79.5. The van der Waals surface area contributed by atoms with Gasteiger partial charge in [0.15, 0.2) is 0 Å². The normalized spacial score (nSPS) is 11.8. The number of aromatic nitrogens is 9. The molecule has 0 N–H and O–H groups in total. The lowest BCUT2D eigenvalue weighted by Crippen LogP contribution is -2.04. The molecule has 0 spiro atoms. The molecule has 1 aliphatic carbocycles. The predicted octanol–water partition coefficient (Wildman–Crippen LogP) is 35.3. The van der Waals surface area contributed by atoms with Gasteiger partial charge in [-0.1, -0.05) is 382 Å². The van der Waals surface area contributed by atoms with Crippen LogP contribution in [0.5, 0.6) is 0 Å². The van der Waals surface area contributed by atoms with E-state index >= 15 is 0 Å². The molecule has 8 aromatic heterocycles. The number of para-hydroxylation sites is 9. The molecule has 29 aromatic rings. The van der Waals surface area contributed by atoms with Crippen LogP contribution < -0.4 is 0 Å². The molecule has 9 nitrogen and oxygen atoms in total. The van der Waals surface area contributed by atoms with Gasteiger partial charge in [-0.25, -0.2) is 19.9 Å². The minimum atomic E-state index is 0.667. The number of rotatable bonds is 13. The van der Waals surface area contributed by atoms with Crippen molar-refractivity contribution in [2.75, 3.05) is 0 Å². The molecular formula is C137H89N9. The van der Waals surface area contributed by atoms with Crippen LogP contribution in [-0.4, -0.2) is 42.8 Å². The molecule has 0 bridgehead atoms. The van der Waals surface area contributed by atoms with Crippen LogP contribution in [0.15, 0.2) is 528 Å². The van der Waals surface area contributed by atoms with Gasteiger partial charge in [0.25, 0.3) is 0 Å². The summed E-state index contributed by atoms with van der Waals surface area (Å²) >= 11 is 0. The highest BCUT2D eigenvalue weighted by atomic mass is 15.2. The number of pyridine rings is 2. The lowest BCUT2D eigenvalue weighted by atomic mass is 9.95. The zero-order valence-electron chi connectivity index (χ0n) is 79.5. The van der Waals surface area contributed by atoms with E-state index in [2.05, 4.69) is 538 Å². The fraction of sp³-hybridized carbons (Fsp3) is 0.00730. The maximum absolute atomic E-state index is 5.30. The van der Waals surface area contributed by atoms with E-state index < -0.39 is 0 Å². The van der Waals surface area contributed by atoms with Crippen molar-refractivity contribution in [2.24, 2.45) is 0 Å². The topological polar surface area (TPSA) is 76.2 Å². The third-order valence-corrected chi connectivity index (χ3v) is 29.5. The molecule has 0 saturated heterocycles. The van der Waals surface area contributed by atoms with Crippen LogP contribution in [0.1, 0.15) is 11.1 Å². The van der Waals surface area contributed by atoms with Gasteiger partial charge in [0, 0.05) is 87.1 Å². The Morgan fingerprint density at radius 3 is 0.863 bits per heavy atom. The Labute approximate surface area is 842 Å². The molecule has 0 unspecified atom stereocenters. The molecular weight excluding hydrogens is 1770 g/mol. The van der Waals surface area contributed by atoms with Crippen LogP contribution >= 0.6 is 0 Å². The summed E-state index contributed by atoms with van der Waals surface area (Å²) in [7, 11) is 0. The van der Waals surface area contributed by atoms with Crippen LogP contribution in [0.3, 0.4) is 0 Å². The van der Waals surface area contributed by atoms with E-state index in [-0.39, 0.29) is 0 Å². The maximum Gasteiger partial charge on any atom is 0.235 e. The van der Waals surface area contributed by atoms with E-state index in [0.717, 1.165) is 95.5 Å². The maximum atomic E-state index is 5.30. The Balaban J connectivity index is 0.000000107. The average Bonchev–Trinajstić information content (AvgIpc) is 1.58. The molecule has 0 fully saturated rings. The Morgan fingerprint density at radius 2 is 0.432 bits per heavy atom. The van der Waals surface area contributed by atoms with Gasteiger partial charge in [0.1, 0.15) is 11.6 Å². The smallest absolute Gasteiger partial charge is 0.235 e. The van der Waals surface area contributed by atoms with Crippen molar-refractivity contribution in [2.45, 2.75) is 6.42 Å². The number of hydrogen-bond acceptors (Lipinski definition) is 4. The number of nitrogens with zero attached hydrogens (tertiary/aromatic N) is 9. The van der Waals surface area contributed by atoms with Crippen molar-refractivity contribution in [3.63, 3.8) is 0 Å². The Kier molecular flexibility index (Phi) is 20.5. The summed E-state index contributed by atoms with van der Waals surface area (Å²) in [5.74, 6) is 2.49. The standard InChI is InChI=1S/C51H33N3.C45H29N3.C41H27N3/c1-3-13-34(14-4-1)35-23-25-36(26-24-35)43-33-51(52-46-20-10-7-17-40(43)46)54-48-22-12-9-19-42(48)45-32-38(28-30-50(45)54)37-27-29-49-44(31-37)41-18-8-11-21-47(41)53(49)39-15-5-2-6-16-39;1-3-13-30(14-4-1)37-29-45(46-40-20-10-7-17-34(37)40)48-42-22-12-9-19-36(42)39-28-32(24-26-44(39)48)31-23-25-43-38(27-31)35-18-8-11-21-41(35)47(43)33-15-5-2-6-16-33;1-3-12-27(13-4-1)37-26-38(28-14-5-2-6-15-28)43-41(42-37)44-39-21-10-9-18-34(39)36-25-30(22-23-40(36)44)32-19-11-20-33-31-17-8-7-16-29(31)24-35(32)33/h1-33H;1-29H;1-23,25-26H,24H2. The summed E-state index contributed by atoms with van der Waals surface area (Å²) in [4.78, 5) is 20.9. The average molecular weight is 1860 g/mol. The molecule has 8 heterocycles. The lowest BCUT2D eigenvalue weighted by Gasteiger charge is -2.13. The molecule has 0 atom stereocenters. The van der Waals surface area contributed by atoms with E-state index in [1.54, 1.807) is 0 Å². The highest BCUT2D eigenvalue weighted by molar-refractivity contribution is 6.17. The monoisotopic (exact) mass is 1860 g/mol. The number of fused-ring (bicyclic) bond motifs is 20. The molecule has 21 aromatic carbocycles. The fourth-order valence-electron chi connectivity index (χ4n) is 22.8. The van der Waals surface area contributed by atoms with Gasteiger partial charge < -0.3 is 9.13 Å². The second kappa shape index (κ2) is 35.4. The highest BCUT2D eigenvalue weighted by Crippen LogP contribution is 2.48. The fourth-order valence-corrected chi connectivity index (χ4v) is 22.8. The predicted molar refractivity (Wildman–Crippen MR) is 609 cm³/mol. The first kappa shape index (κ1) is 84.6. The molecule has 30 rings (SSSR count). The first-order chi connectivity index (χ1) is 72.4. The third kappa shape index (κ3) is 14.5. The van der Waals surface area contributed by atoms with Crippen LogP contribution in [0.2, 0.25) is 0 Å². The Morgan fingerprint density at radius 1 is 0.151 bits per heavy atom. The third-order valence-electron chi connectivity index (χ3n) is 29.5. The summed E-state index contributed by atoms with van der Waals surface area (Å²) in [6, 6.07) is 189. The summed E-state index contributed by atoms with van der Waals surface area (Å²) in [5.41, 5.74) is 39.8. The van der Waals surface area contributed by atoms with Crippen molar-refractivity contribution in [3.05, 3.63) is 539 Å². The Hall–Kier alpha value is -19.5. The summed E-state index contributed by atoms with van der Waals surface area (Å²) in [6.07, 6.45) is 0.962. The largest absolute Gasteiger partial charge is 0.309 e. The summed E-state index contributed by atoms with van der Waals surface area (Å²) < 4.78 is 11.6. The van der Waals surface area contributed by atoms with Gasteiger partial charge >= 0.3 is 0 Å². The summed E-state index contributed by atoms with van der Waals surface area (Å²) in [5, 5.41) is 14.5. The van der Waals surface area contributed by atoms with Gasteiger partial charge in [-0.3, -0.25) is 13.7 Å². The van der Waals surface area contributed by atoms with Crippen molar-refractivity contribution >= 4 is 131 Å². The lowest BCUT2D eigenvalue weighted by molar-refractivity contribution is 0.995. The number of benzene rings is 21. The van der Waals surface area contributed by atoms with Crippen molar-refractivity contribution in [1.29, 1.82) is 0 Å². The van der Waals surface area contributed by atoms with Crippen LogP contribution in [0.25, 0.3) is 260 Å². The molecule has 0 radical (unpaired) electrons. The molecule has 9 heteroatoms. The van der Waals surface area contributed by atoms with Crippen LogP contribution in [0, 0.1) is 0 Å². The molecule has 0 amide bonds. The van der Waals surface area contributed by atoms with Crippen molar-refractivity contribution in [1.82, 2.24) is 42.8 Å². The molecule has 0 aliphatic heterocycles. The Bertz CT molecular complexity index is 10100. The van der Waals surface area contributed by atoms with E-state index in [1.165, 1.54) is 176 Å². The van der Waals surface area contributed by atoms with Gasteiger partial charge in [0.2, 0.25) is 5.95 Å². The van der Waals surface area contributed by atoms with E-state index in [0.29, 0.717) is 5.95 Å². The first-order valence-corrected chi connectivity index (χ1v) is 49.9. The van der Waals surface area contributed by atoms with E-state index in [9.17, 15) is 0 Å². The second-order valence-corrected chi connectivity index (χ2v) is 37.8. The SMILES string of the molecule is c1ccc(-c2cc(-c3ccccc3)nc(-n3c4ccccc4c4cc(-c5cccc6c5Cc5ccccc5-6)ccc43)n2)cc1.c1ccc(-c2cc(-n3c4ccccc4c4cc(-c5ccc6c(c5)c5ccccc5n6-c5ccccc5)ccc43)nc3ccccc23)cc1.c1ccc(-c2ccc(-c3cc(-n4c5ccccc5c5cc(-c6ccc7c(c6)c6ccccc6n7-c6ccccc6)ccc54)nc4ccccc34)cc2)cc1. The minimum absolute atomic E-state index is 0.667. The van der Waals surface area contributed by atoms with E-state index in [4.69, 9.17) is 19.9 Å². The van der Waals surface area contributed by atoms with E-state index in [1.807, 2.05) is 12.1 Å². The van der Waals surface area contributed by atoms with Gasteiger partial charge in [-0.2, -0.15) is 0 Å². The number of hydrogen-bond donors (Lipinski definition) is 0. The van der Waals surface area contributed by atoms with Crippen LogP contribution in [-0.2, 0) is 6.42 Å². The quantitative estimate of drug-likeness (QED) is 0.115. The van der Waals surface area contributed by atoms with Crippen LogP contribution in [0.4, 0.5) is 0 Å². The summed E-state index contributed by atoms with van der Waals surface area (Å²) in [6.45, 7) is 0. The zero-order chi connectivity index (χ0) is 96.2. The highest BCUT2D eigenvalue weighted by Gasteiger charge is 2.27. The first-order valence-electron chi connectivity index (χ1n) is 49.9. The molecule has 146 heavy (non-hydrogen) atoms. The van der Waals surface area contributed by atoms with Gasteiger partial charge in [-0.15, -0.1) is 0 Å². The second-order valence-electron chi connectivity index (χ2n) is 37.8. The van der Waals surface area contributed by atoms with Crippen molar-refractivity contribution < 1.29 is 0 Å². The van der Waals surface area contributed by atoms with Gasteiger partial charge in [0.05, 0.1) is 77.6 Å². The molecule has 1 aliphatic rings. The van der Waals surface area contributed by atoms with Gasteiger partial charge in [-0.05, 0) is 241 Å². The minimum Gasteiger partial charge on any atom is -0.309 e. The van der Waals surface area contributed by atoms with Crippen molar-refractivity contribution in [3.8, 4) is 129 Å². The molecule has 682 valence electrons.